The van der Waals surface area contributed by atoms with Crippen LogP contribution in [0.1, 0.15) is 30.0 Å². The van der Waals surface area contributed by atoms with Gasteiger partial charge in [0.15, 0.2) is 0 Å². The number of hydrogen-bond acceptors (Lipinski definition) is 3. The Morgan fingerprint density at radius 3 is 2.79 bits per heavy atom. The van der Waals surface area contributed by atoms with E-state index in [0.29, 0.717) is 5.92 Å². The molecule has 0 atom stereocenters. The summed E-state index contributed by atoms with van der Waals surface area (Å²) in [5, 5.41) is 7.14. The van der Waals surface area contributed by atoms with Gasteiger partial charge in [0.1, 0.15) is 0 Å². The number of rotatable bonds is 3. The normalized spacial score (nSPS) is 17.7. The van der Waals surface area contributed by atoms with Crippen molar-refractivity contribution in [1.82, 2.24) is 15.1 Å². The van der Waals surface area contributed by atoms with Gasteiger partial charge in [-0.1, -0.05) is 12.1 Å². The summed E-state index contributed by atoms with van der Waals surface area (Å²) < 4.78 is 0. The van der Waals surface area contributed by atoms with Gasteiger partial charge in [0.2, 0.25) is 0 Å². The third-order valence-electron chi connectivity index (χ3n) is 3.91. The van der Waals surface area contributed by atoms with Crippen molar-refractivity contribution in [2.75, 3.05) is 18.8 Å². The van der Waals surface area contributed by atoms with Crippen molar-refractivity contribution in [3.63, 3.8) is 0 Å². The van der Waals surface area contributed by atoms with E-state index in [-0.39, 0.29) is 0 Å². The molecule has 19 heavy (non-hydrogen) atoms. The van der Waals surface area contributed by atoms with Crippen LogP contribution < -0.4 is 5.73 Å². The topological polar surface area (TPSA) is 57.9 Å². The summed E-state index contributed by atoms with van der Waals surface area (Å²) in [6, 6.07) is 10.3. The lowest BCUT2D eigenvalue weighted by atomic mass is 9.93. The van der Waals surface area contributed by atoms with Crippen LogP contribution in [0.3, 0.4) is 0 Å². The molecule has 0 bridgehead atoms. The maximum absolute atomic E-state index is 5.82. The number of hydrogen-bond donors (Lipinski definition) is 2. The van der Waals surface area contributed by atoms with Crippen LogP contribution in [0.2, 0.25) is 0 Å². The van der Waals surface area contributed by atoms with Crippen LogP contribution in [0.4, 0.5) is 5.69 Å². The molecule has 3 rings (SSSR count). The second-order valence-electron chi connectivity index (χ2n) is 5.31. The zero-order valence-corrected chi connectivity index (χ0v) is 11.0. The van der Waals surface area contributed by atoms with Crippen molar-refractivity contribution in [2.24, 2.45) is 0 Å². The molecule has 0 radical (unpaired) electrons. The minimum Gasteiger partial charge on any atom is -0.399 e. The molecule has 1 saturated heterocycles. The molecule has 0 saturated carbocycles. The fraction of sp³-hybridized carbons (Fsp3) is 0.400. The zero-order chi connectivity index (χ0) is 13.1. The van der Waals surface area contributed by atoms with E-state index in [2.05, 4.69) is 33.3 Å². The lowest BCUT2D eigenvalue weighted by Crippen LogP contribution is -2.32. The summed E-state index contributed by atoms with van der Waals surface area (Å²) in [7, 11) is 0. The lowest BCUT2D eigenvalue weighted by molar-refractivity contribution is 0.203. The maximum Gasteiger partial charge on any atom is 0.0490 e. The van der Waals surface area contributed by atoms with Crippen molar-refractivity contribution in [3.8, 4) is 0 Å². The number of benzene rings is 1. The number of nitrogens with zero attached hydrogens (tertiary/aromatic N) is 2. The van der Waals surface area contributed by atoms with Gasteiger partial charge in [0, 0.05) is 30.0 Å². The molecule has 0 amide bonds. The number of piperidine rings is 1. The number of nitrogen functional groups attached to an aromatic ring is 1. The van der Waals surface area contributed by atoms with E-state index in [4.69, 9.17) is 5.73 Å². The van der Waals surface area contributed by atoms with Crippen molar-refractivity contribution in [3.05, 3.63) is 47.8 Å². The molecule has 0 aliphatic carbocycles. The molecule has 0 unspecified atom stereocenters. The van der Waals surface area contributed by atoms with Crippen molar-refractivity contribution in [2.45, 2.75) is 25.3 Å². The van der Waals surface area contributed by atoms with E-state index in [0.717, 1.165) is 25.3 Å². The van der Waals surface area contributed by atoms with Crippen LogP contribution in [0.15, 0.2) is 36.5 Å². The summed E-state index contributed by atoms with van der Waals surface area (Å²) in [4.78, 5) is 2.50. The number of nitrogens with one attached hydrogen (secondary N) is 1. The molecule has 1 fully saturated rings. The summed E-state index contributed by atoms with van der Waals surface area (Å²) in [5.74, 6) is 0.639. The molecule has 3 N–H and O–H groups in total. The highest BCUT2D eigenvalue weighted by molar-refractivity contribution is 5.40. The Morgan fingerprint density at radius 1 is 1.26 bits per heavy atom. The number of likely N-dealkylation sites (tertiary alicyclic amines) is 1. The fourth-order valence-corrected chi connectivity index (χ4v) is 2.85. The Labute approximate surface area is 113 Å². The van der Waals surface area contributed by atoms with Gasteiger partial charge < -0.3 is 5.73 Å². The zero-order valence-electron chi connectivity index (χ0n) is 11.0. The Kier molecular flexibility index (Phi) is 3.51. The Bertz CT molecular complexity index is 513. The van der Waals surface area contributed by atoms with Crippen molar-refractivity contribution < 1.29 is 0 Å². The number of anilines is 1. The molecule has 0 spiro atoms. The van der Waals surface area contributed by atoms with Crippen LogP contribution in [0, 0.1) is 0 Å². The molecule has 4 nitrogen and oxygen atoms in total. The molecule has 1 aromatic heterocycles. The van der Waals surface area contributed by atoms with Gasteiger partial charge in [0.25, 0.3) is 0 Å². The molecule has 1 aliphatic heterocycles. The number of nitrogens with two attached hydrogens (primary N) is 1. The highest BCUT2D eigenvalue weighted by Crippen LogP contribution is 2.27. The van der Waals surface area contributed by atoms with Crippen molar-refractivity contribution in [1.29, 1.82) is 0 Å². The van der Waals surface area contributed by atoms with Gasteiger partial charge in [-0.2, -0.15) is 5.10 Å². The molecule has 4 heteroatoms. The predicted octanol–water partition coefficient (Wildman–Crippen LogP) is 2.37. The standard InChI is InChI=1S/C15H20N4/c16-14-3-1-2-12(10-14)11-19-8-5-13(6-9-19)15-4-7-17-18-15/h1-4,7,10,13H,5-6,8-9,11,16H2,(H,17,18). The van der Waals surface area contributed by atoms with Gasteiger partial charge >= 0.3 is 0 Å². The van der Waals surface area contributed by atoms with E-state index < -0.39 is 0 Å². The van der Waals surface area contributed by atoms with Crippen LogP contribution in [-0.2, 0) is 6.54 Å². The molecular formula is C15H20N4. The van der Waals surface area contributed by atoms with Crippen LogP contribution in [-0.4, -0.2) is 28.2 Å². The first-order valence-corrected chi connectivity index (χ1v) is 6.87. The fourth-order valence-electron chi connectivity index (χ4n) is 2.85. The second kappa shape index (κ2) is 5.45. The molecule has 2 heterocycles. The number of H-pyrrole nitrogens is 1. The molecular weight excluding hydrogens is 236 g/mol. The third kappa shape index (κ3) is 2.96. The summed E-state index contributed by atoms with van der Waals surface area (Å²) in [5.41, 5.74) is 9.26. The van der Waals surface area contributed by atoms with Crippen molar-refractivity contribution >= 4 is 5.69 Å². The van der Waals surface area contributed by atoms with Gasteiger partial charge in [-0.05, 0) is 49.7 Å². The molecule has 2 aromatic rings. The third-order valence-corrected chi connectivity index (χ3v) is 3.91. The lowest BCUT2D eigenvalue weighted by Gasteiger charge is -2.31. The van der Waals surface area contributed by atoms with E-state index in [9.17, 15) is 0 Å². The predicted molar refractivity (Wildman–Crippen MR) is 76.7 cm³/mol. The van der Waals surface area contributed by atoms with Crippen LogP contribution in [0.5, 0.6) is 0 Å². The smallest absolute Gasteiger partial charge is 0.0490 e. The highest BCUT2D eigenvalue weighted by Gasteiger charge is 2.21. The Morgan fingerprint density at radius 2 is 2.11 bits per heavy atom. The number of aromatic amines is 1. The quantitative estimate of drug-likeness (QED) is 0.829. The summed E-state index contributed by atoms with van der Waals surface area (Å²) in [6.07, 6.45) is 4.24. The average Bonchev–Trinajstić information content (AvgIpc) is 2.94. The molecule has 1 aliphatic rings. The molecule has 1 aromatic carbocycles. The van der Waals surface area contributed by atoms with Gasteiger partial charge in [-0.25, -0.2) is 0 Å². The van der Waals surface area contributed by atoms with E-state index in [1.54, 1.807) is 0 Å². The van der Waals surface area contributed by atoms with Gasteiger partial charge in [-0.3, -0.25) is 10.00 Å². The van der Waals surface area contributed by atoms with Gasteiger partial charge in [0.05, 0.1) is 0 Å². The Balaban J connectivity index is 1.56. The second-order valence-corrected chi connectivity index (χ2v) is 5.31. The van der Waals surface area contributed by atoms with E-state index >= 15 is 0 Å². The minimum absolute atomic E-state index is 0.639. The summed E-state index contributed by atoms with van der Waals surface area (Å²) >= 11 is 0. The summed E-state index contributed by atoms with van der Waals surface area (Å²) in [6.45, 7) is 3.28. The average molecular weight is 256 g/mol. The first-order chi connectivity index (χ1) is 9.31. The van der Waals surface area contributed by atoms with Gasteiger partial charge in [-0.15, -0.1) is 0 Å². The first-order valence-electron chi connectivity index (χ1n) is 6.87. The maximum atomic E-state index is 5.82. The monoisotopic (exact) mass is 256 g/mol. The first kappa shape index (κ1) is 12.2. The van der Waals surface area contributed by atoms with Crippen LogP contribution in [0.25, 0.3) is 0 Å². The SMILES string of the molecule is Nc1cccc(CN2CCC(c3ccn[nH]3)CC2)c1. The van der Waals surface area contributed by atoms with E-state index in [1.807, 2.05) is 18.3 Å². The molecule has 100 valence electrons. The number of aromatic nitrogens is 2. The minimum atomic E-state index is 0.639. The largest absolute Gasteiger partial charge is 0.399 e. The van der Waals surface area contributed by atoms with E-state index in [1.165, 1.54) is 24.1 Å². The Hall–Kier alpha value is -1.81. The van der Waals surface area contributed by atoms with Crippen LogP contribution >= 0.6 is 0 Å². The highest BCUT2D eigenvalue weighted by atomic mass is 15.1.